The van der Waals surface area contributed by atoms with Gasteiger partial charge >= 0.3 is 11.9 Å². The number of aliphatic carboxylic acids is 2. The molecule has 0 saturated carbocycles. The fourth-order valence-corrected chi connectivity index (χ4v) is 3.66. The lowest BCUT2D eigenvalue weighted by Gasteiger charge is -2.32. The maximum absolute atomic E-state index is 9.10. The highest BCUT2D eigenvalue weighted by Crippen LogP contribution is 2.23. The summed E-state index contributed by atoms with van der Waals surface area (Å²) < 4.78 is 6.08. The summed E-state index contributed by atoms with van der Waals surface area (Å²) in [6.45, 7) is 6.85. The number of carboxylic acids is 2. The quantitative estimate of drug-likeness (QED) is 0.465. The van der Waals surface area contributed by atoms with Gasteiger partial charge in [-0.1, -0.05) is 62.2 Å². The number of hydrogen-bond donors (Lipinski definition) is 2. The molecular weight excluding hydrogens is 394 g/mol. The third kappa shape index (κ3) is 9.22. The van der Waals surface area contributed by atoms with E-state index in [-0.39, 0.29) is 0 Å². The highest BCUT2D eigenvalue weighted by Gasteiger charge is 2.20. The molecule has 168 valence electrons. The van der Waals surface area contributed by atoms with Crippen LogP contribution >= 0.6 is 0 Å². The smallest absolute Gasteiger partial charge is 0.414 e. The van der Waals surface area contributed by atoms with Crippen molar-refractivity contribution < 1.29 is 24.5 Å². The third-order valence-corrected chi connectivity index (χ3v) is 5.31. The van der Waals surface area contributed by atoms with Gasteiger partial charge in [-0.2, -0.15) is 0 Å². The van der Waals surface area contributed by atoms with Gasteiger partial charge in [-0.15, -0.1) is 0 Å². The number of carbonyl (C=O) groups is 2. The molecular formula is C25H33NO5. The number of nitrogens with zero attached hydrogens (tertiary/aromatic N) is 1. The summed E-state index contributed by atoms with van der Waals surface area (Å²) >= 11 is 0. The van der Waals surface area contributed by atoms with Gasteiger partial charge < -0.3 is 19.8 Å². The Morgan fingerprint density at radius 3 is 2.23 bits per heavy atom. The molecule has 0 spiro atoms. The first-order chi connectivity index (χ1) is 15.0. The van der Waals surface area contributed by atoms with Gasteiger partial charge in [-0.25, -0.2) is 9.59 Å². The summed E-state index contributed by atoms with van der Waals surface area (Å²) in [6, 6.07) is 19.0. The summed E-state index contributed by atoms with van der Waals surface area (Å²) in [6.07, 6.45) is 6.61. The molecule has 1 fully saturated rings. The molecule has 1 aliphatic rings. The summed E-state index contributed by atoms with van der Waals surface area (Å²) in [5.41, 5.74) is 2.50. The number of likely N-dealkylation sites (tertiary alicyclic amines) is 1. The summed E-state index contributed by atoms with van der Waals surface area (Å²) in [4.78, 5) is 20.8. The first-order valence-electron chi connectivity index (χ1n) is 11.0. The van der Waals surface area contributed by atoms with E-state index >= 15 is 0 Å². The summed E-state index contributed by atoms with van der Waals surface area (Å²) in [5, 5.41) is 14.8. The Labute approximate surface area is 184 Å². The van der Waals surface area contributed by atoms with Crippen LogP contribution in [0.5, 0.6) is 5.75 Å². The molecule has 0 radical (unpaired) electrons. The van der Waals surface area contributed by atoms with E-state index in [0.717, 1.165) is 12.4 Å². The molecule has 1 saturated heterocycles. The van der Waals surface area contributed by atoms with Crippen LogP contribution in [-0.4, -0.2) is 53.3 Å². The van der Waals surface area contributed by atoms with Crippen LogP contribution in [0.1, 0.15) is 39.0 Å². The zero-order valence-electron chi connectivity index (χ0n) is 18.2. The average Bonchev–Trinajstić information content (AvgIpc) is 2.79. The molecule has 0 aliphatic carbocycles. The molecule has 1 unspecified atom stereocenters. The first kappa shape index (κ1) is 24.4. The van der Waals surface area contributed by atoms with Crippen LogP contribution in [0.25, 0.3) is 11.1 Å². The maximum atomic E-state index is 9.10. The van der Waals surface area contributed by atoms with Crippen LogP contribution in [-0.2, 0) is 9.59 Å². The topological polar surface area (TPSA) is 87.1 Å². The Morgan fingerprint density at radius 2 is 1.61 bits per heavy atom. The maximum Gasteiger partial charge on any atom is 0.414 e. The van der Waals surface area contributed by atoms with Crippen molar-refractivity contribution in [2.75, 3.05) is 26.2 Å². The van der Waals surface area contributed by atoms with Gasteiger partial charge in [0.25, 0.3) is 0 Å². The van der Waals surface area contributed by atoms with Crippen molar-refractivity contribution in [3.8, 4) is 16.9 Å². The van der Waals surface area contributed by atoms with Crippen molar-refractivity contribution in [2.45, 2.75) is 39.0 Å². The van der Waals surface area contributed by atoms with Gasteiger partial charge in [-0.05, 0) is 55.6 Å². The normalized spacial score (nSPS) is 16.1. The van der Waals surface area contributed by atoms with Crippen LogP contribution in [0, 0.1) is 5.92 Å². The molecule has 1 atom stereocenters. The van der Waals surface area contributed by atoms with Gasteiger partial charge in [0.05, 0.1) is 6.61 Å². The second kappa shape index (κ2) is 13.4. The van der Waals surface area contributed by atoms with E-state index in [4.69, 9.17) is 24.5 Å². The van der Waals surface area contributed by atoms with Crippen molar-refractivity contribution in [1.82, 2.24) is 4.90 Å². The number of carboxylic acid groups (broad SMARTS) is 2. The minimum atomic E-state index is -1.82. The van der Waals surface area contributed by atoms with Gasteiger partial charge in [0.2, 0.25) is 0 Å². The second-order valence-corrected chi connectivity index (χ2v) is 7.83. The van der Waals surface area contributed by atoms with E-state index in [0.29, 0.717) is 5.92 Å². The largest absolute Gasteiger partial charge is 0.493 e. The SMILES string of the molecule is CCCCCN1CCCC(COc2ccc(-c3ccccc3)cc2)C1.O=C(O)C(=O)O. The van der Waals surface area contributed by atoms with E-state index < -0.39 is 11.9 Å². The molecule has 6 nitrogen and oxygen atoms in total. The van der Waals surface area contributed by atoms with Crippen LogP contribution in [0.4, 0.5) is 0 Å². The van der Waals surface area contributed by atoms with Crippen LogP contribution in [0.2, 0.25) is 0 Å². The minimum Gasteiger partial charge on any atom is -0.493 e. The van der Waals surface area contributed by atoms with Crippen molar-refractivity contribution in [3.05, 3.63) is 54.6 Å². The summed E-state index contributed by atoms with van der Waals surface area (Å²) in [5.74, 6) is -1.99. The first-order valence-corrected chi connectivity index (χ1v) is 11.0. The predicted octanol–water partition coefficient (Wildman–Crippen LogP) is 4.79. The zero-order valence-corrected chi connectivity index (χ0v) is 18.2. The molecule has 2 aromatic carbocycles. The van der Waals surface area contributed by atoms with Crippen molar-refractivity contribution in [3.63, 3.8) is 0 Å². The fourth-order valence-electron chi connectivity index (χ4n) is 3.66. The molecule has 31 heavy (non-hydrogen) atoms. The lowest BCUT2D eigenvalue weighted by atomic mass is 9.98. The van der Waals surface area contributed by atoms with Gasteiger partial charge in [0, 0.05) is 12.5 Å². The van der Waals surface area contributed by atoms with Crippen molar-refractivity contribution >= 4 is 11.9 Å². The molecule has 2 aromatic rings. The number of unbranched alkanes of at least 4 members (excludes halogenated alkanes) is 2. The minimum absolute atomic E-state index is 0.671. The molecule has 6 heteroatoms. The Kier molecular flexibility index (Phi) is 10.6. The van der Waals surface area contributed by atoms with Crippen LogP contribution in [0.3, 0.4) is 0 Å². The molecule has 1 aliphatic heterocycles. The van der Waals surface area contributed by atoms with Crippen molar-refractivity contribution in [1.29, 1.82) is 0 Å². The van der Waals surface area contributed by atoms with Gasteiger partial charge in [-0.3, -0.25) is 0 Å². The Bertz CT molecular complexity index is 779. The highest BCUT2D eigenvalue weighted by molar-refractivity contribution is 6.27. The van der Waals surface area contributed by atoms with E-state index in [1.54, 1.807) is 0 Å². The van der Waals surface area contributed by atoms with Crippen molar-refractivity contribution in [2.24, 2.45) is 5.92 Å². The highest BCUT2D eigenvalue weighted by atomic mass is 16.5. The van der Waals surface area contributed by atoms with E-state index in [2.05, 4.69) is 66.4 Å². The number of hydrogen-bond acceptors (Lipinski definition) is 4. The lowest BCUT2D eigenvalue weighted by molar-refractivity contribution is -0.159. The van der Waals surface area contributed by atoms with Crippen LogP contribution in [0.15, 0.2) is 54.6 Å². The van der Waals surface area contributed by atoms with Gasteiger partial charge in [0.1, 0.15) is 5.75 Å². The Balaban J connectivity index is 0.000000501. The standard InChI is InChI=1S/C23H31NO.C2H2O4/c1-2-3-7-16-24-17-8-9-20(18-24)19-25-23-14-12-22(13-15-23)21-10-5-4-6-11-21;3-1(4)2(5)6/h4-6,10-15,20H,2-3,7-9,16-19H2,1H3;(H,3,4)(H,5,6). The summed E-state index contributed by atoms with van der Waals surface area (Å²) in [7, 11) is 0. The number of benzene rings is 2. The molecule has 0 bridgehead atoms. The number of ether oxygens (including phenoxy) is 1. The monoisotopic (exact) mass is 427 g/mol. The Morgan fingerprint density at radius 1 is 0.968 bits per heavy atom. The van der Waals surface area contributed by atoms with E-state index in [1.165, 1.54) is 62.9 Å². The number of piperidine rings is 1. The number of rotatable bonds is 8. The Hall–Kier alpha value is -2.86. The van der Waals surface area contributed by atoms with Crippen LogP contribution < -0.4 is 4.74 Å². The van der Waals surface area contributed by atoms with Gasteiger partial charge in [0.15, 0.2) is 0 Å². The third-order valence-electron chi connectivity index (χ3n) is 5.31. The zero-order chi connectivity index (χ0) is 22.5. The molecule has 0 amide bonds. The average molecular weight is 428 g/mol. The molecule has 1 heterocycles. The molecule has 2 N–H and O–H groups in total. The molecule has 0 aromatic heterocycles. The fraction of sp³-hybridized carbons (Fsp3) is 0.440. The second-order valence-electron chi connectivity index (χ2n) is 7.83. The van der Waals surface area contributed by atoms with E-state index in [9.17, 15) is 0 Å². The molecule has 3 rings (SSSR count). The van der Waals surface area contributed by atoms with E-state index in [1.807, 2.05) is 0 Å². The predicted molar refractivity (Wildman–Crippen MR) is 121 cm³/mol. The lowest BCUT2D eigenvalue weighted by Crippen LogP contribution is -2.38.